The first-order valence-electron chi connectivity index (χ1n) is 6.03. The molecule has 0 saturated heterocycles. The first-order valence-corrected chi connectivity index (χ1v) is 6.83. The number of hydrogen-bond acceptors (Lipinski definition) is 4. The van der Waals surface area contributed by atoms with Crippen molar-refractivity contribution in [3.63, 3.8) is 0 Å². The SMILES string of the molecule is CCc1c(C)nc(-c2cc(OC)ccc2Br)nc1N. The van der Waals surface area contributed by atoms with Gasteiger partial charge < -0.3 is 10.5 Å². The molecule has 0 spiro atoms. The lowest BCUT2D eigenvalue weighted by Gasteiger charge is -2.11. The monoisotopic (exact) mass is 321 g/mol. The zero-order valence-corrected chi connectivity index (χ0v) is 12.8. The molecule has 0 amide bonds. The second kappa shape index (κ2) is 5.57. The van der Waals surface area contributed by atoms with E-state index in [1.165, 1.54) is 0 Å². The molecule has 0 saturated carbocycles. The predicted molar refractivity (Wildman–Crippen MR) is 80.2 cm³/mol. The zero-order chi connectivity index (χ0) is 14.0. The molecular weight excluding hydrogens is 306 g/mol. The number of aromatic nitrogens is 2. The summed E-state index contributed by atoms with van der Waals surface area (Å²) in [5, 5.41) is 0. The van der Waals surface area contributed by atoms with Gasteiger partial charge in [0.05, 0.1) is 7.11 Å². The van der Waals surface area contributed by atoms with Crippen molar-refractivity contribution in [3.8, 4) is 17.1 Å². The Bertz CT molecular complexity index is 591. The number of methoxy groups -OCH3 is 1. The van der Waals surface area contributed by atoms with Crippen molar-refractivity contribution in [2.75, 3.05) is 12.8 Å². The Labute approximate surface area is 121 Å². The van der Waals surface area contributed by atoms with Gasteiger partial charge in [0.15, 0.2) is 5.82 Å². The molecule has 0 bridgehead atoms. The number of anilines is 1. The number of nitrogen functional groups attached to an aromatic ring is 1. The molecule has 0 radical (unpaired) electrons. The third-order valence-corrected chi connectivity index (χ3v) is 3.71. The summed E-state index contributed by atoms with van der Waals surface area (Å²) < 4.78 is 6.14. The minimum Gasteiger partial charge on any atom is -0.497 e. The lowest BCUT2D eigenvalue weighted by atomic mass is 10.1. The van der Waals surface area contributed by atoms with Gasteiger partial charge in [-0.05, 0) is 31.5 Å². The lowest BCUT2D eigenvalue weighted by Crippen LogP contribution is -2.04. The lowest BCUT2D eigenvalue weighted by molar-refractivity contribution is 0.415. The largest absolute Gasteiger partial charge is 0.497 e. The van der Waals surface area contributed by atoms with Crippen molar-refractivity contribution >= 4 is 21.7 Å². The Balaban J connectivity index is 2.59. The third kappa shape index (κ3) is 2.71. The number of rotatable bonds is 3. The molecule has 1 aromatic heterocycles. The van der Waals surface area contributed by atoms with Gasteiger partial charge in [0, 0.05) is 21.3 Å². The summed E-state index contributed by atoms with van der Waals surface area (Å²) in [7, 11) is 1.63. The maximum atomic E-state index is 5.99. The van der Waals surface area contributed by atoms with Gasteiger partial charge in [-0.1, -0.05) is 22.9 Å². The molecule has 0 aliphatic rings. The van der Waals surface area contributed by atoms with Crippen LogP contribution in [0.4, 0.5) is 5.82 Å². The Morgan fingerprint density at radius 3 is 2.63 bits per heavy atom. The second-order valence-corrected chi connectivity index (χ2v) is 5.05. The molecular formula is C14H16BrN3O. The second-order valence-electron chi connectivity index (χ2n) is 4.20. The zero-order valence-electron chi connectivity index (χ0n) is 11.2. The highest BCUT2D eigenvalue weighted by Crippen LogP contribution is 2.31. The highest BCUT2D eigenvalue weighted by Gasteiger charge is 2.12. The number of hydrogen-bond donors (Lipinski definition) is 1. The summed E-state index contributed by atoms with van der Waals surface area (Å²) in [6.07, 6.45) is 0.831. The fraction of sp³-hybridized carbons (Fsp3) is 0.286. The molecule has 100 valence electrons. The van der Waals surface area contributed by atoms with E-state index in [1.54, 1.807) is 7.11 Å². The Morgan fingerprint density at radius 1 is 1.32 bits per heavy atom. The average molecular weight is 322 g/mol. The Kier molecular flexibility index (Phi) is 4.04. The van der Waals surface area contributed by atoms with E-state index < -0.39 is 0 Å². The van der Waals surface area contributed by atoms with Crippen LogP contribution < -0.4 is 10.5 Å². The van der Waals surface area contributed by atoms with Crippen LogP contribution in [0.15, 0.2) is 22.7 Å². The van der Waals surface area contributed by atoms with E-state index in [2.05, 4.69) is 25.9 Å². The predicted octanol–water partition coefficient (Wildman–Crippen LogP) is 3.37. The van der Waals surface area contributed by atoms with E-state index in [1.807, 2.05) is 32.0 Å². The van der Waals surface area contributed by atoms with Crippen LogP contribution >= 0.6 is 15.9 Å². The Hall–Kier alpha value is -1.62. The smallest absolute Gasteiger partial charge is 0.163 e. The maximum Gasteiger partial charge on any atom is 0.163 e. The molecule has 0 aliphatic heterocycles. The summed E-state index contributed by atoms with van der Waals surface area (Å²) in [5.41, 5.74) is 8.78. The molecule has 0 aliphatic carbocycles. The van der Waals surface area contributed by atoms with Gasteiger partial charge in [0.1, 0.15) is 11.6 Å². The first kappa shape index (κ1) is 13.8. The summed E-state index contributed by atoms with van der Waals surface area (Å²) >= 11 is 3.50. The number of nitrogens with zero attached hydrogens (tertiary/aromatic N) is 2. The molecule has 0 fully saturated rings. The molecule has 1 heterocycles. The van der Waals surface area contributed by atoms with Crippen molar-refractivity contribution in [1.29, 1.82) is 0 Å². The van der Waals surface area contributed by atoms with Gasteiger partial charge in [0.25, 0.3) is 0 Å². The van der Waals surface area contributed by atoms with E-state index in [9.17, 15) is 0 Å². The van der Waals surface area contributed by atoms with Crippen LogP contribution in [-0.4, -0.2) is 17.1 Å². The molecule has 2 rings (SSSR count). The normalized spacial score (nSPS) is 10.5. The van der Waals surface area contributed by atoms with Crippen LogP contribution in [0, 0.1) is 6.92 Å². The van der Waals surface area contributed by atoms with Crippen molar-refractivity contribution in [1.82, 2.24) is 9.97 Å². The third-order valence-electron chi connectivity index (χ3n) is 3.01. The summed E-state index contributed by atoms with van der Waals surface area (Å²) in [4.78, 5) is 8.93. The molecule has 0 atom stereocenters. The molecule has 2 N–H and O–H groups in total. The molecule has 0 unspecified atom stereocenters. The van der Waals surface area contributed by atoms with Gasteiger partial charge in [0.2, 0.25) is 0 Å². The van der Waals surface area contributed by atoms with E-state index in [-0.39, 0.29) is 0 Å². The van der Waals surface area contributed by atoms with Crippen LogP contribution in [0.1, 0.15) is 18.2 Å². The maximum absolute atomic E-state index is 5.99. The van der Waals surface area contributed by atoms with Crippen molar-refractivity contribution < 1.29 is 4.74 Å². The molecule has 1 aromatic carbocycles. The van der Waals surface area contributed by atoms with E-state index in [0.29, 0.717) is 11.6 Å². The van der Waals surface area contributed by atoms with Crippen LogP contribution in [0.3, 0.4) is 0 Å². The topological polar surface area (TPSA) is 61.0 Å². The number of aryl methyl sites for hydroxylation is 1. The minimum atomic E-state index is 0.541. The van der Waals surface area contributed by atoms with Crippen LogP contribution in [0.2, 0.25) is 0 Å². The number of nitrogens with two attached hydrogens (primary N) is 1. The fourth-order valence-corrected chi connectivity index (χ4v) is 2.40. The highest BCUT2D eigenvalue weighted by atomic mass is 79.9. The van der Waals surface area contributed by atoms with Crippen LogP contribution in [-0.2, 0) is 6.42 Å². The summed E-state index contributed by atoms with van der Waals surface area (Å²) in [6, 6.07) is 5.69. The van der Waals surface area contributed by atoms with E-state index in [0.717, 1.165) is 33.5 Å². The highest BCUT2D eigenvalue weighted by molar-refractivity contribution is 9.10. The van der Waals surface area contributed by atoms with Gasteiger partial charge >= 0.3 is 0 Å². The van der Waals surface area contributed by atoms with Gasteiger partial charge in [-0.3, -0.25) is 0 Å². The summed E-state index contributed by atoms with van der Waals surface area (Å²) in [5.74, 6) is 1.91. The van der Waals surface area contributed by atoms with Crippen molar-refractivity contribution in [3.05, 3.63) is 33.9 Å². The van der Waals surface area contributed by atoms with E-state index in [4.69, 9.17) is 10.5 Å². The summed E-state index contributed by atoms with van der Waals surface area (Å²) in [6.45, 7) is 4.00. The van der Waals surface area contributed by atoms with Gasteiger partial charge in [-0.25, -0.2) is 9.97 Å². The fourth-order valence-electron chi connectivity index (χ4n) is 1.98. The van der Waals surface area contributed by atoms with Crippen LogP contribution in [0.25, 0.3) is 11.4 Å². The molecule has 19 heavy (non-hydrogen) atoms. The van der Waals surface area contributed by atoms with Gasteiger partial charge in [-0.15, -0.1) is 0 Å². The molecule has 5 heteroatoms. The van der Waals surface area contributed by atoms with Crippen molar-refractivity contribution in [2.45, 2.75) is 20.3 Å². The minimum absolute atomic E-state index is 0.541. The van der Waals surface area contributed by atoms with Gasteiger partial charge in [-0.2, -0.15) is 0 Å². The molecule has 2 aromatic rings. The first-order chi connectivity index (χ1) is 9.06. The average Bonchev–Trinajstić information content (AvgIpc) is 2.39. The number of ether oxygens (including phenoxy) is 1. The number of halogens is 1. The number of benzene rings is 1. The Morgan fingerprint density at radius 2 is 2.05 bits per heavy atom. The van der Waals surface area contributed by atoms with Crippen molar-refractivity contribution in [2.24, 2.45) is 0 Å². The molecule has 4 nitrogen and oxygen atoms in total. The standard InChI is InChI=1S/C14H16BrN3O/c1-4-10-8(2)17-14(18-13(10)16)11-7-9(19-3)5-6-12(11)15/h5-7H,4H2,1-3H3,(H2,16,17,18). The van der Waals surface area contributed by atoms with Crippen LogP contribution in [0.5, 0.6) is 5.75 Å². The van der Waals surface area contributed by atoms with E-state index >= 15 is 0 Å². The quantitative estimate of drug-likeness (QED) is 0.941.